The Morgan fingerprint density at radius 2 is 1.87 bits per heavy atom. The fourth-order valence-electron chi connectivity index (χ4n) is 5.09. The van der Waals surface area contributed by atoms with Crippen molar-refractivity contribution in [3.8, 4) is 0 Å². The number of aliphatic hydroxyl groups excluding tert-OH is 1. The molecule has 11 heteroatoms. The fourth-order valence-corrected chi connectivity index (χ4v) is 7.72. The number of hydrogen-bond acceptors (Lipinski definition) is 8. The summed E-state index contributed by atoms with van der Waals surface area (Å²) in [6.07, 6.45) is 1.98. The maximum absolute atomic E-state index is 13.5. The normalized spacial score (nSPS) is 21.8. The molecular weight excluding hydrogens is 536 g/mol. The van der Waals surface area contributed by atoms with Crippen LogP contribution < -0.4 is 0 Å². The van der Waals surface area contributed by atoms with E-state index in [1.165, 1.54) is 36.0 Å². The second-order valence-corrected chi connectivity index (χ2v) is 16.3. The third kappa shape index (κ3) is 6.55. The predicted molar refractivity (Wildman–Crippen MR) is 152 cm³/mol. The summed E-state index contributed by atoms with van der Waals surface area (Å²) >= 11 is 1.43. The Balaban J connectivity index is 1.60. The van der Waals surface area contributed by atoms with E-state index in [1.807, 2.05) is 37.3 Å². The summed E-state index contributed by atoms with van der Waals surface area (Å²) in [5, 5.41) is 20.2. The minimum absolute atomic E-state index is 0.0504. The molecule has 2 heterocycles. The third-order valence-corrected chi connectivity index (χ3v) is 9.10. The van der Waals surface area contributed by atoms with Crippen LogP contribution in [0.15, 0.2) is 60.7 Å². The number of thioether (sulfide) groups is 1. The third-order valence-electron chi connectivity index (χ3n) is 6.66. The Morgan fingerprint density at radius 1 is 1.21 bits per heavy atom. The number of non-ortho nitro benzene ring substituents is 1. The van der Waals surface area contributed by atoms with Gasteiger partial charge in [-0.25, -0.2) is 9.59 Å². The SMILES string of the molecule is C[C@H](O[Si](C)(C)C)[C@@H]1C(=O)[N+]2=C(C(=O)OCc3ccc([N+](=O)[O-])cc3)C(SC(=CCO)c3ccccc3)C[C@H]12. The molecule has 39 heavy (non-hydrogen) atoms. The van der Waals surface area contributed by atoms with Crippen molar-refractivity contribution >= 4 is 48.3 Å². The first-order chi connectivity index (χ1) is 18.5. The van der Waals surface area contributed by atoms with Crippen LogP contribution in [-0.4, -0.2) is 64.5 Å². The number of carbonyl (C=O) groups is 2. The fraction of sp³-hybridized carbons (Fsp3) is 0.393. The van der Waals surface area contributed by atoms with Crippen LogP contribution in [0, 0.1) is 16.0 Å². The van der Waals surface area contributed by atoms with Crippen molar-refractivity contribution in [3.63, 3.8) is 0 Å². The average Bonchev–Trinajstić information content (AvgIpc) is 3.20. The number of rotatable bonds is 11. The van der Waals surface area contributed by atoms with Gasteiger partial charge in [0, 0.05) is 23.5 Å². The number of benzene rings is 2. The predicted octanol–water partition coefficient (Wildman–Crippen LogP) is 4.40. The maximum atomic E-state index is 13.5. The summed E-state index contributed by atoms with van der Waals surface area (Å²) in [7, 11) is -1.89. The van der Waals surface area contributed by atoms with Gasteiger partial charge in [0.2, 0.25) is 0 Å². The Bertz CT molecular complexity index is 1310. The number of fused-ring (bicyclic) bond motifs is 1. The van der Waals surface area contributed by atoms with Crippen LogP contribution in [0.5, 0.6) is 0 Å². The minimum atomic E-state index is -1.89. The van der Waals surface area contributed by atoms with Gasteiger partial charge in [-0.2, -0.15) is 4.58 Å². The van der Waals surface area contributed by atoms with Crippen LogP contribution in [0.3, 0.4) is 0 Å². The van der Waals surface area contributed by atoms with E-state index in [9.17, 15) is 24.8 Å². The van der Waals surface area contributed by atoms with Gasteiger partial charge in [0.1, 0.15) is 11.9 Å². The Hall–Kier alpha value is -3.12. The molecule has 0 bridgehead atoms. The lowest BCUT2D eigenvalue weighted by Gasteiger charge is -2.34. The van der Waals surface area contributed by atoms with Gasteiger partial charge in [-0.1, -0.05) is 30.3 Å². The van der Waals surface area contributed by atoms with Crippen molar-refractivity contribution < 1.29 is 33.4 Å². The standard InChI is InChI=1S/C28H33N2O7SSi/c1-18(37-39(2,3)4)25-22-16-24(38-23(14-15-31)20-8-6-5-7-9-20)26(29(22)27(25)32)28(33)36-17-19-10-12-21(13-11-19)30(34)35/h5-14,18,22,24-25,31H,15-17H2,1-4H3/q+1/t18-,22+,24?,25-/m0/s1. The van der Waals surface area contributed by atoms with Crippen LogP contribution in [0.2, 0.25) is 19.6 Å². The molecule has 206 valence electrons. The maximum Gasteiger partial charge on any atom is 0.400 e. The lowest BCUT2D eigenvalue weighted by atomic mass is 9.84. The van der Waals surface area contributed by atoms with Crippen molar-refractivity contribution in [2.45, 2.75) is 57.0 Å². The molecule has 0 saturated carbocycles. The first-order valence-corrected chi connectivity index (χ1v) is 17.1. The van der Waals surface area contributed by atoms with Gasteiger partial charge in [0.15, 0.2) is 20.3 Å². The van der Waals surface area contributed by atoms with Crippen LogP contribution in [-0.2, 0) is 25.4 Å². The number of amides is 1. The molecule has 4 rings (SSSR count). The number of ether oxygens (including phenoxy) is 1. The van der Waals surface area contributed by atoms with E-state index in [4.69, 9.17) is 9.16 Å². The number of nitro benzene ring substituents is 1. The molecule has 2 aromatic rings. The van der Waals surface area contributed by atoms with E-state index in [1.54, 1.807) is 10.7 Å². The van der Waals surface area contributed by atoms with Crippen molar-refractivity contribution in [3.05, 3.63) is 81.9 Å². The Morgan fingerprint density at radius 3 is 2.46 bits per heavy atom. The molecule has 4 atom stereocenters. The van der Waals surface area contributed by atoms with Crippen LogP contribution in [0.4, 0.5) is 5.69 Å². The zero-order valence-electron chi connectivity index (χ0n) is 22.4. The van der Waals surface area contributed by atoms with Gasteiger partial charge in [-0.15, -0.1) is 11.8 Å². The first-order valence-electron chi connectivity index (χ1n) is 12.8. The molecule has 1 N–H and O–H groups in total. The van der Waals surface area contributed by atoms with E-state index in [0.29, 0.717) is 12.0 Å². The molecule has 1 fully saturated rings. The largest absolute Gasteiger partial charge is 0.453 e. The van der Waals surface area contributed by atoms with Gasteiger partial charge in [-0.3, -0.25) is 10.1 Å². The molecule has 9 nitrogen and oxygen atoms in total. The zero-order valence-corrected chi connectivity index (χ0v) is 24.2. The summed E-state index contributed by atoms with van der Waals surface area (Å²) in [4.78, 5) is 38.1. The van der Waals surface area contributed by atoms with Crippen LogP contribution >= 0.6 is 11.8 Å². The molecule has 0 spiro atoms. The number of nitro groups is 1. The lowest BCUT2D eigenvalue weighted by Crippen LogP contribution is -2.60. The molecule has 2 aliphatic rings. The molecular formula is C28H33N2O7SSi+. The molecule has 0 aliphatic carbocycles. The monoisotopic (exact) mass is 569 g/mol. The number of esters is 1. The van der Waals surface area contributed by atoms with Crippen molar-refractivity contribution in [2.24, 2.45) is 5.92 Å². The zero-order chi connectivity index (χ0) is 28.3. The van der Waals surface area contributed by atoms with E-state index < -0.39 is 19.2 Å². The van der Waals surface area contributed by atoms with Gasteiger partial charge >= 0.3 is 11.9 Å². The quantitative estimate of drug-likeness (QED) is 0.106. The summed E-state index contributed by atoms with van der Waals surface area (Å²) in [6.45, 7) is 7.91. The highest BCUT2D eigenvalue weighted by Crippen LogP contribution is 2.43. The smallest absolute Gasteiger partial charge is 0.400 e. The summed E-state index contributed by atoms with van der Waals surface area (Å²) in [5.74, 6) is -1.10. The van der Waals surface area contributed by atoms with E-state index >= 15 is 0 Å². The molecule has 1 unspecified atom stereocenters. The molecule has 1 amide bonds. The molecule has 0 radical (unpaired) electrons. The number of β-lactam (4-membered cyclic amide) rings is 1. The Kier molecular flexibility index (Phi) is 8.85. The molecule has 1 saturated heterocycles. The number of aliphatic hydroxyl groups is 1. The van der Waals surface area contributed by atoms with Gasteiger partial charge in [-0.05, 0) is 55.9 Å². The lowest BCUT2D eigenvalue weighted by molar-refractivity contribution is -0.544. The first kappa shape index (κ1) is 28.9. The van der Waals surface area contributed by atoms with Gasteiger partial charge in [0.05, 0.1) is 17.6 Å². The van der Waals surface area contributed by atoms with E-state index in [2.05, 4.69) is 19.6 Å². The second kappa shape index (κ2) is 11.9. The highest BCUT2D eigenvalue weighted by molar-refractivity contribution is 8.09. The number of hydrogen-bond donors (Lipinski definition) is 1. The second-order valence-electron chi connectivity index (χ2n) is 10.6. The summed E-state index contributed by atoms with van der Waals surface area (Å²) in [6, 6.07) is 15.2. The van der Waals surface area contributed by atoms with Gasteiger partial charge < -0.3 is 14.3 Å². The molecule has 0 aromatic heterocycles. The molecule has 2 aliphatic heterocycles. The average molecular weight is 570 g/mol. The van der Waals surface area contributed by atoms with Crippen molar-refractivity contribution in [1.29, 1.82) is 0 Å². The summed E-state index contributed by atoms with van der Waals surface area (Å²) < 4.78 is 13.4. The van der Waals surface area contributed by atoms with Crippen LogP contribution in [0.1, 0.15) is 24.5 Å². The van der Waals surface area contributed by atoms with E-state index in [0.717, 1.165) is 10.5 Å². The van der Waals surface area contributed by atoms with Crippen molar-refractivity contribution in [1.82, 2.24) is 0 Å². The Labute approximate surface area is 232 Å². The number of nitrogens with zero attached hydrogens (tertiary/aromatic N) is 2. The van der Waals surface area contributed by atoms with E-state index in [-0.39, 0.29) is 53.8 Å². The highest BCUT2D eigenvalue weighted by Gasteiger charge is 2.66. The number of carbonyl (C=O) groups excluding carboxylic acids is 2. The molecule has 2 aromatic carbocycles. The minimum Gasteiger partial charge on any atom is -0.453 e. The summed E-state index contributed by atoms with van der Waals surface area (Å²) in [5.41, 5.74) is 1.74. The van der Waals surface area contributed by atoms with Gasteiger partial charge in [0.25, 0.3) is 11.4 Å². The van der Waals surface area contributed by atoms with Crippen molar-refractivity contribution in [2.75, 3.05) is 6.61 Å². The van der Waals surface area contributed by atoms with Crippen LogP contribution in [0.25, 0.3) is 4.91 Å². The highest BCUT2D eigenvalue weighted by atomic mass is 32.2. The topological polar surface area (TPSA) is 119 Å².